The molecule has 0 fully saturated rings. The lowest BCUT2D eigenvalue weighted by atomic mass is 9.94. The monoisotopic (exact) mass is 234 g/mol. The predicted molar refractivity (Wildman–Crippen MR) is 56.4 cm³/mol. The van der Waals surface area contributed by atoms with Crippen molar-refractivity contribution in [1.29, 1.82) is 0 Å². The second-order valence-electron chi connectivity index (χ2n) is 3.61. The summed E-state index contributed by atoms with van der Waals surface area (Å²) in [5, 5.41) is 30.8. The van der Waals surface area contributed by atoms with Gasteiger partial charge in [0.2, 0.25) is 0 Å². The Morgan fingerprint density at radius 1 is 1.25 bits per heavy atom. The Labute approximate surface area is 93.5 Å². The van der Waals surface area contributed by atoms with E-state index in [9.17, 15) is 14.7 Å². The largest absolute Gasteiger partial charge is 0.465 e. The second-order valence-corrected chi connectivity index (χ2v) is 3.61. The van der Waals surface area contributed by atoms with Crippen molar-refractivity contribution in [3.63, 3.8) is 0 Å². The van der Waals surface area contributed by atoms with E-state index in [1.165, 1.54) is 0 Å². The number of carbonyl (C=O) groups is 2. The third-order valence-electron chi connectivity index (χ3n) is 2.42. The van der Waals surface area contributed by atoms with Crippen LogP contribution in [0.1, 0.15) is 20.3 Å². The number of amides is 2. The number of carboxylic acid groups (broad SMARTS) is 2. The molecule has 0 aliphatic heterocycles. The Morgan fingerprint density at radius 3 is 2.19 bits per heavy atom. The Morgan fingerprint density at radius 2 is 1.81 bits per heavy atom. The molecule has 0 aromatic carbocycles. The van der Waals surface area contributed by atoms with Gasteiger partial charge in [-0.15, -0.1) is 0 Å². The van der Waals surface area contributed by atoms with E-state index >= 15 is 0 Å². The van der Waals surface area contributed by atoms with Crippen LogP contribution in [0.4, 0.5) is 9.59 Å². The van der Waals surface area contributed by atoms with E-state index in [1.54, 1.807) is 6.92 Å². The van der Waals surface area contributed by atoms with Crippen LogP contribution in [-0.2, 0) is 0 Å². The van der Waals surface area contributed by atoms with Crippen molar-refractivity contribution in [3.05, 3.63) is 0 Å². The van der Waals surface area contributed by atoms with Crippen LogP contribution in [0.2, 0.25) is 0 Å². The maximum absolute atomic E-state index is 10.5. The van der Waals surface area contributed by atoms with Gasteiger partial charge in [-0.25, -0.2) is 9.59 Å². The lowest BCUT2D eigenvalue weighted by molar-refractivity contribution is 0.0929. The number of hydrogen-bond donors (Lipinski definition) is 5. The van der Waals surface area contributed by atoms with Crippen molar-refractivity contribution in [2.24, 2.45) is 5.92 Å². The third kappa shape index (κ3) is 5.40. The van der Waals surface area contributed by atoms with E-state index in [1.807, 2.05) is 12.2 Å². The van der Waals surface area contributed by atoms with Gasteiger partial charge in [0.15, 0.2) is 0 Å². The molecule has 0 spiro atoms. The number of rotatable bonds is 6. The Balaban J connectivity index is 4.36. The maximum atomic E-state index is 10.5. The van der Waals surface area contributed by atoms with E-state index < -0.39 is 24.3 Å². The van der Waals surface area contributed by atoms with Gasteiger partial charge >= 0.3 is 12.2 Å². The van der Waals surface area contributed by atoms with E-state index in [0.29, 0.717) is 6.42 Å². The van der Waals surface area contributed by atoms with Crippen molar-refractivity contribution in [3.8, 4) is 0 Å². The summed E-state index contributed by atoms with van der Waals surface area (Å²) in [6.45, 7) is 3.44. The van der Waals surface area contributed by atoms with E-state index in [-0.39, 0.29) is 12.5 Å². The van der Waals surface area contributed by atoms with Crippen LogP contribution in [-0.4, -0.2) is 46.2 Å². The van der Waals surface area contributed by atoms with Crippen LogP contribution in [0.5, 0.6) is 0 Å². The van der Waals surface area contributed by atoms with Gasteiger partial charge in [0.25, 0.3) is 0 Å². The van der Waals surface area contributed by atoms with Crippen LogP contribution in [0, 0.1) is 5.92 Å². The summed E-state index contributed by atoms with van der Waals surface area (Å²) >= 11 is 0. The average Bonchev–Trinajstić information content (AvgIpc) is 2.21. The number of aliphatic hydroxyl groups excluding tert-OH is 1. The third-order valence-corrected chi connectivity index (χ3v) is 2.42. The summed E-state index contributed by atoms with van der Waals surface area (Å²) in [4.78, 5) is 20.7. The Kier molecular flexibility index (Phi) is 6.24. The molecule has 0 aromatic heterocycles. The normalized spacial score (nSPS) is 15.9. The molecule has 7 heteroatoms. The molecular weight excluding hydrogens is 216 g/mol. The van der Waals surface area contributed by atoms with Crippen LogP contribution in [0.25, 0.3) is 0 Å². The van der Waals surface area contributed by atoms with Gasteiger partial charge < -0.3 is 26.0 Å². The van der Waals surface area contributed by atoms with Crippen LogP contribution in [0.3, 0.4) is 0 Å². The highest BCUT2D eigenvalue weighted by molar-refractivity contribution is 5.65. The summed E-state index contributed by atoms with van der Waals surface area (Å²) in [7, 11) is 0. The fourth-order valence-corrected chi connectivity index (χ4v) is 1.33. The molecule has 2 amide bonds. The van der Waals surface area contributed by atoms with Gasteiger partial charge in [-0.3, -0.25) is 0 Å². The van der Waals surface area contributed by atoms with Crippen LogP contribution in [0.15, 0.2) is 0 Å². The first-order valence-electron chi connectivity index (χ1n) is 5.02. The summed E-state index contributed by atoms with van der Waals surface area (Å²) in [6.07, 6.45) is -2.89. The van der Waals surface area contributed by atoms with Gasteiger partial charge in [0, 0.05) is 6.54 Å². The molecule has 0 saturated carbocycles. The molecule has 0 bridgehead atoms. The lowest BCUT2D eigenvalue weighted by Gasteiger charge is -2.27. The molecule has 0 heterocycles. The summed E-state index contributed by atoms with van der Waals surface area (Å²) in [5.74, 6) is -0.0818. The standard InChI is InChI=1S/C9H18N2O5/c1-3-5(2)7(11-9(15)16)6(12)4-10-8(13)14/h5-7,10-12H,3-4H2,1-2H3,(H,13,14)(H,15,16). The highest BCUT2D eigenvalue weighted by Crippen LogP contribution is 2.11. The first-order chi connectivity index (χ1) is 7.38. The molecule has 3 atom stereocenters. The lowest BCUT2D eigenvalue weighted by Crippen LogP contribution is -2.51. The molecule has 3 unspecified atom stereocenters. The zero-order chi connectivity index (χ0) is 12.7. The molecule has 0 radical (unpaired) electrons. The smallest absolute Gasteiger partial charge is 0.404 e. The highest BCUT2D eigenvalue weighted by atomic mass is 16.4. The van der Waals surface area contributed by atoms with Crippen LogP contribution >= 0.6 is 0 Å². The number of hydrogen-bond acceptors (Lipinski definition) is 3. The van der Waals surface area contributed by atoms with Gasteiger partial charge in [-0.2, -0.15) is 0 Å². The molecule has 0 saturated heterocycles. The molecule has 94 valence electrons. The highest BCUT2D eigenvalue weighted by Gasteiger charge is 2.26. The van der Waals surface area contributed by atoms with Crippen molar-refractivity contribution >= 4 is 12.2 Å². The fraction of sp³-hybridized carbons (Fsp3) is 0.778. The first kappa shape index (κ1) is 14.5. The minimum absolute atomic E-state index is 0.0818. The minimum Gasteiger partial charge on any atom is -0.465 e. The van der Waals surface area contributed by atoms with Crippen molar-refractivity contribution in [2.75, 3.05) is 6.54 Å². The second kappa shape index (κ2) is 6.89. The quantitative estimate of drug-likeness (QED) is 0.453. The van der Waals surface area contributed by atoms with E-state index in [2.05, 4.69) is 5.32 Å². The summed E-state index contributed by atoms with van der Waals surface area (Å²) in [5.41, 5.74) is 0. The number of nitrogens with one attached hydrogen (secondary N) is 2. The molecule has 0 aliphatic rings. The molecule has 0 rings (SSSR count). The van der Waals surface area contributed by atoms with Crippen molar-refractivity contribution in [2.45, 2.75) is 32.4 Å². The zero-order valence-corrected chi connectivity index (χ0v) is 9.30. The average molecular weight is 234 g/mol. The molecule has 16 heavy (non-hydrogen) atoms. The predicted octanol–water partition coefficient (Wildman–Crippen LogP) is 0.297. The topological polar surface area (TPSA) is 119 Å². The van der Waals surface area contributed by atoms with Crippen molar-refractivity contribution in [1.82, 2.24) is 10.6 Å². The van der Waals surface area contributed by atoms with Gasteiger partial charge in [-0.05, 0) is 5.92 Å². The number of aliphatic hydroxyl groups is 1. The van der Waals surface area contributed by atoms with Crippen LogP contribution < -0.4 is 10.6 Å². The minimum atomic E-state index is -1.25. The van der Waals surface area contributed by atoms with E-state index in [4.69, 9.17) is 10.2 Å². The Bertz CT molecular complexity index is 246. The van der Waals surface area contributed by atoms with Gasteiger partial charge in [-0.1, -0.05) is 20.3 Å². The molecule has 5 N–H and O–H groups in total. The van der Waals surface area contributed by atoms with Crippen molar-refractivity contribution < 1.29 is 24.9 Å². The molecule has 0 aromatic rings. The van der Waals surface area contributed by atoms with Gasteiger partial charge in [0.1, 0.15) is 0 Å². The molecular formula is C9H18N2O5. The molecule has 0 aliphatic carbocycles. The maximum Gasteiger partial charge on any atom is 0.404 e. The SMILES string of the molecule is CCC(C)C(NC(=O)O)C(O)CNC(=O)O. The fourth-order valence-electron chi connectivity index (χ4n) is 1.33. The first-order valence-corrected chi connectivity index (χ1v) is 5.02. The zero-order valence-electron chi connectivity index (χ0n) is 9.30. The molecule has 7 nitrogen and oxygen atoms in total. The summed E-state index contributed by atoms with van der Waals surface area (Å²) in [6, 6.07) is -0.686. The van der Waals surface area contributed by atoms with Gasteiger partial charge in [0.05, 0.1) is 12.1 Å². The van der Waals surface area contributed by atoms with E-state index in [0.717, 1.165) is 0 Å². The Hall–Kier alpha value is -1.50. The summed E-state index contributed by atoms with van der Waals surface area (Å²) < 4.78 is 0.